The molecule has 4 heteroatoms. The lowest BCUT2D eigenvalue weighted by Crippen LogP contribution is -2.27. The highest BCUT2D eigenvalue weighted by Crippen LogP contribution is 2.26. The third-order valence-electron chi connectivity index (χ3n) is 2.39. The van der Waals surface area contributed by atoms with Crippen molar-refractivity contribution in [2.45, 2.75) is 13.3 Å². The van der Waals surface area contributed by atoms with Crippen molar-refractivity contribution in [3.63, 3.8) is 0 Å². The van der Waals surface area contributed by atoms with Crippen LogP contribution in [-0.4, -0.2) is 31.5 Å². The van der Waals surface area contributed by atoms with Crippen LogP contribution in [0.3, 0.4) is 0 Å². The number of para-hydroxylation sites is 1. The van der Waals surface area contributed by atoms with Crippen LogP contribution in [0.25, 0.3) is 0 Å². The minimum atomic E-state index is -0.0639. The molecule has 0 radical (unpaired) electrons. The Hall–Kier alpha value is -1.71. The number of carbonyl (C=O) groups is 1. The lowest BCUT2D eigenvalue weighted by molar-refractivity contribution is 0.0792. The van der Waals surface area contributed by atoms with E-state index in [9.17, 15) is 4.79 Å². The van der Waals surface area contributed by atoms with Crippen LogP contribution < -0.4 is 10.5 Å². The Morgan fingerprint density at radius 1 is 1.50 bits per heavy atom. The number of methoxy groups -OCH3 is 1. The van der Waals surface area contributed by atoms with E-state index in [4.69, 9.17) is 10.5 Å². The summed E-state index contributed by atoms with van der Waals surface area (Å²) in [5.41, 5.74) is 6.74. The number of nitrogens with two attached hydrogens (primary N) is 1. The first-order chi connectivity index (χ1) is 7.61. The quantitative estimate of drug-likeness (QED) is 0.790. The second-order valence-corrected chi connectivity index (χ2v) is 3.65. The number of benzene rings is 1. The van der Waals surface area contributed by atoms with Gasteiger partial charge in [0.15, 0.2) is 5.75 Å². The van der Waals surface area contributed by atoms with Gasteiger partial charge in [-0.05, 0) is 18.6 Å². The molecule has 1 aromatic carbocycles. The minimum Gasteiger partial charge on any atom is -0.494 e. The van der Waals surface area contributed by atoms with Crippen LogP contribution in [0.15, 0.2) is 18.2 Å². The van der Waals surface area contributed by atoms with Gasteiger partial charge in [-0.1, -0.05) is 13.0 Å². The Morgan fingerprint density at radius 3 is 2.75 bits per heavy atom. The summed E-state index contributed by atoms with van der Waals surface area (Å²) in [6.07, 6.45) is 0.923. The van der Waals surface area contributed by atoms with Crippen LogP contribution >= 0.6 is 0 Å². The standard InChI is InChI=1S/C12H18N2O2/c1-4-8-14(2)12(15)9-6-5-7-10(13)11(9)16-3/h5-7H,4,8,13H2,1-3H3. The highest BCUT2D eigenvalue weighted by Gasteiger charge is 2.17. The van der Waals surface area contributed by atoms with Gasteiger partial charge in [0.25, 0.3) is 5.91 Å². The summed E-state index contributed by atoms with van der Waals surface area (Å²) >= 11 is 0. The first-order valence-electron chi connectivity index (χ1n) is 5.29. The maximum Gasteiger partial charge on any atom is 0.257 e. The molecule has 1 aromatic rings. The summed E-state index contributed by atoms with van der Waals surface area (Å²) in [4.78, 5) is 13.7. The van der Waals surface area contributed by atoms with Crippen LogP contribution in [0.4, 0.5) is 5.69 Å². The monoisotopic (exact) mass is 222 g/mol. The van der Waals surface area contributed by atoms with Gasteiger partial charge in [0.1, 0.15) is 0 Å². The number of nitrogen functional groups attached to an aromatic ring is 1. The molecule has 0 aliphatic carbocycles. The van der Waals surface area contributed by atoms with Crippen molar-refractivity contribution in [1.82, 2.24) is 4.90 Å². The van der Waals surface area contributed by atoms with E-state index in [1.165, 1.54) is 7.11 Å². The summed E-state index contributed by atoms with van der Waals surface area (Å²) in [5.74, 6) is 0.390. The summed E-state index contributed by atoms with van der Waals surface area (Å²) in [6.45, 7) is 2.75. The number of amides is 1. The molecule has 1 amide bonds. The zero-order valence-corrected chi connectivity index (χ0v) is 9.99. The van der Waals surface area contributed by atoms with Gasteiger partial charge in [-0.25, -0.2) is 0 Å². The summed E-state index contributed by atoms with van der Waals surface area (Å²) < 4.78 is 5.15. The van der Waals surface area contributed by atoms with E-state index < -0.39 is 0 Å². The van der Waals surface area contributed by atoms with Gasteiger partial charge in [-0.3, -0.25) is 4.79 Å². The Bertz CT molecular complexity index is 377. The fourth-order valence-corrected chi connectivity index (χ4v) is 1.59. The highest BCUT2D eigenvalue weighted by atomic mass is 16.5. The third kappa shape index (κ3) is 2.45. The van der Waals surface area contributed by atoms with Gasteiger partial charge >= 0.3 is 0 Å². The first-order valence-corrected chi connectivity index (χ1v) is 5.29. The van der Waals surface area contributed by atoms with E-state index in [2.05, 4.69) is 0 Å². The maximum atomic E-state index is 12.1. The second-order valence-electron chi connectivity index (χ2n) is 3.65. The average Bonchev–Trinajstić information content (AvgIpc) is 2.28. The predicted octanol–water partition coefficient (Wildman–Crippen LogP) is 1.76. The van der Waals surface area contributed by atoms with E-state index >= 15 is 0 Å². The fourth-order valence-electron chi connectivity index (χ4n) is 1.59. The minimum absolute atomic E-state index is 0.0639. The lowest BCUT2D eigenvalue weighted by Gasteiger charge is -2.18. The van der Waals surface area contributed by atoms with Crippen LogP contribution in [0.2, 0.25) is 0 Å². The number of anilines is 1. The van der Waals surface area contributed by atoms with Crippen LogP contribution in [0.1, 0.15) is 23.7 Å². The SMILES string of the molecule is CCCN(C)C(=O)c1cccc(N)c1OC. The van der Waals surface area contributed by atoms with Crippen molar-refractivity contribution in [3.8, 4) is 5.75 Å². The average molecular weight is 222 g/mol. The summed E-state index contributed by atoms with van der Waals surface area (Å²) in [6, 6.07) is 5.20. The van der Waals surface area contributed by atoms with Gasteiger partial charge < -0.3 is 15.4 Å². The normalized spacial score (nSPS) is 9.94. The molecule has 0 saturated carbocycles. The molecule has 0 aromatic heterocycles. The molecular formula is C12H18N2O2. The van der Waals surface area contributed by atoms with Crippen molar-refractivity contribution < 1.29 is 9.53 Å². The van der Waals surface area contributed by atoms with Crippen LogP contribution in [0, 0.1) is 0 Å². The van der Waals surface area contributed by atoms with Gasteiger partial charge in [0.05, 0.1) is 18.4 Å². The predicted molar refractivity (Wildman–Crippen MR) is 64.7 cm³/mol. The van der Waals surface area contributed by atoms with E-state index in [1.54, 1.807) is 30.1 Å². The molecular weight excluding hydrogens is 204 g/mol. The number of ether oxygens (including phenoxy) is 1. The number of hydrogen-bond acceptors (Lipinski definition) is 3. The Balaban J connectivity index is 3.03. The second kappa shape index (κ2) is 5.39. The topological polar surface area (TPSA) is 55.6 Å². The molecule has 16 heavy (non-hydrogen) atoms. The van der Waals surface area contributed by atoms with Gasteiger partial charge in [0, 0.05) is 13.6 Å². The van der Waals surface area contributed by atoms with E-state index in [0.29, 0.717) is 17.0 Å². The zero-order valence-electron chi connectivity index (χ0n) is 9.99. The smallest absolute Gasteiger partial charge is 0.257 e. The van der Waals surface area contributed by atoms with Crippen molar-refractivity contribution in [2.75, 3.05) is 26.4 Å². The molecule has 0 atom stereocenters. The molecule has 0 bridgehead atoms. The number of hydrogen-bond donors (Lipinski definition) is 1. The third-order valence-corrected chi connectivity index (χ3v) is 2.39. The van der Waals surface area contributed by atoms with Crippen LogP contribution in [0.5, 0.6) is 5.75 Å². The summed E-state index contributed by atoms with van der Waals surface area (Å²) in [5, 5.41) is 0. The Labute approximate surface area is 96.0 Å². The molecule has 0 fully saturated rings. The molecule has 0 aliphatic heterocycles. The van der Waals surface area contributed by atoms with Crippen molar-refractivity contribution in [1.29, 1.82) is 0 Å². The molecule has 4 nitrogen and oxygen atoms in total. The molecule has 2 N–H and O–H groups in total. The van der Waals surface area contributed by atoms with Gasteiger partial charge in [0.2, 0.25) is 0 Å². The molecule has 0 unspecified atom stereocenters. The molecule has 0 aliphatic rings. The highest BCUT2D eigenvalue weighted by molar-refractivity contribution is 5.98. The molecule has 1 rings (SSSR count). The number of carbonyl (C=O) groups excluding carboxylic acids is 1. The van der Waals surface area contributed by atoms with E-state index in [-0.39, 0.29) is 5.91 Å². The molecule has 0 heterocycles. The lowest BCUT2D eigenvalue weighted by atomic mass is 10.1. The van der Waals surface area contributed by atoms with Crippen molar-refractivity contribution in [2.24, 2.45) is 0 Å². The number of nitrogens with zero attached hydrogens (tertiary/aromatic N) is 1. The largest absolute Gasteiger partial charge is 0.494 e. The van der Waals surface area contributed by atoms with Gasteiger partial charge in [-0.2, -0.15) is 0 Å². The summed E-state index contributed by atoms with van der Waals surface area (Å²) in [7, 11) is 3.29. The van der Waals surface area contributed by atoms with E-state index in [1.807, 2.05) is 6.92 Å². The molecule has 0 spiro atoms. The Kier molecular flexibility index (Phi) is 4.17. The first kappa shape index (κ1) is 12.4. The zero-order chi connectivity index (χ0) is 12.1. The fraction of sp³-hybridized carbons (Fsp3) is 0.417. The van der Waals surface area contributed by atoms with Crippen LogP contribution in [-0.2, 0) is 0 Å². The van der Waals surface area contributed by atoms with Crippen molar-refractivity contribution >= 4 is 11.6 Å². The number of rotatable bonds is 4. The molecule has 0 saturated heterocycles. The van der Waals surface area contributed by atoms with E-state index in [0.717, 1.165) is 13.0 Å². The van der Waals surface area contributed by atoms with Crippen molar-refractivity contribution in [3.05, 3.63) is 23.8 Å². The Morgan fingerprint density at radius 2 is 2.19 bits per heavy atom. The van der Waals surface area contributed by atoms with Gasteiger partial charge in [-0.15, -0.1) is 0 Å². The maximum absolute atomic E-state index is 12.1. The molecule has 88 valence electrons.